The van der Waals surface area contributed by atoms with Crippen LogP contribution in [-0.4, -0.2) is 67.4 Å². The normalized spacial score (nSPS) is 11.0. The molecule has 5 aromatic rings. The van der Waals surface area contributed by atoms with Gasteiger partial charge in [0, 0.05) is 23.6 Å². The Bertz CT molecular complexity index is 2390. The Morgan fingerprint density at radius 1 is 0.690 bits per heavy atom. The first-order valence-electron chi connectivity index (χ1n) is 15.4. The molecule has 0 aliphatic carbocycles. The van der Waals surface area contributed by atoms with Gasteiger partial charge in [-0.15, -0.1) is 0 Å². The topological polar surface area (TPSA) is 298 Å². The summed E-state index contributed by atoms with van der Waals surface area (Å²) < 4.78 is 83.2. The van der Waals surface area contributed by atoms with E-state index in [1.54, 1.807) is 66.7 Å². The Balaban J connectivity index is 0.00000387. The molecule has 0 atom stereocenters. The smallest absolute Gasteiger partial charge is 0.748 e. The second-order valence-corrected chi connectivity index (χ2v) is 14.4. The fourth-order valence-corrected chi connectivity index (χ4v) is 5.73. The van der Waals surface area contributed by atoms with Crippen LogP contribution in [0.4, 0.5) is 52.0 Å². The quantitative estimate of drug-likeness (QED) is 0.0130. The summed E-state index contributed by atoms with van der Waals surface area (Å²) in [6, 6.07) is 21.7. The summed E-state index contributed by atoms with van der Waals surface area (Å²) >= 11 is 0.713. The minimum Gasteiger partial charge on any atom is -0.748 e. The van der Waals surface area contributed by atoms with Crippen LogP contribution in [0.15, 0.2) is 105 Å². The SMILES string of the molecule is COc1cc(N=Nc2cccc(SOO[O-])c2)ccc1Nc1nc(NCCS(=O)(=O)[O-])nc(Nc2ccc(NNc3cccc(S(=O)(=O)[O-])c3)cc2OC)n1.[Na+].[Na+].[Na+]. The van der Waals surface area contributed by atoms with Gasteiger partial charge in [-0.25, -0.2) is 16.8 Å². The van der Waals surface area contributed by atoms with Crippen LogP contribution in [0.25, 0.3) is 0 Å². The number of rotatable bonds is 19. The molecular formula is C31H29N10Na3O11S3. The van der Waals surface area contributed by atoms with Crippen molar-refractivity contribution in [2.24, 2.45) is 10.2 Å². The number of hydrogen-bond donors (Lipinski definition) is 5. The van der Waals surface area contributed by atoms with Crippen LogP contribution in [0.2, 0.25) is 0 Å². The molecule has 0 saturated carbocycles. The van der Waals surface area contributed by atoms with E-state index >= 15 is 0 Å². The van der Waals surface area contributed by atoms with Crippen molar-refractivity contribution >= 4 is 84.2 Å². The number of nitrogens with zero attached hydrogens (tertiary/aromatic N) is 5. The molecule has 27 heteroatoms. The second kappa shape index (κ2) is 24.4. The number of aromatic nitrogens is 3. The van der Waals surface area contributed by atoms with E-state index in [4.69, 9.17) is 9.47 Å². The zero-order valence-corrected chi connectivity index (χ0v) is 39.9. The summed E-state index contributed by atoms with van der Waals surface area (Å²) in [5.74, 6) is -0.207. The van der Waals surface area contributed by atoms with Gasteiger partial charge in [0.2, 0.25) is 17.8 Å². The van der Waals surface area contributed by atoms with E-state index in [0.29, 0.717) is 62.6 Å². The largest absolute Gasteiger partial charge is 1.00 e. The molecule has 1 heterocycles. The molecule has 0 radical (unpaired) electrons. The van der Waals surface area contributed by atoms with Crippen molar-refractivity contribution in [3.63, 3.8) is 0 Å². The molecule has 0 bridgehead atoms. The molecule has 0 aliphatic rings. The van der Waals surface area contributed by atoms with Crippen LogP contribution >= 0.6 is 12.0 Å². The molecule has 5 N–H and O–H groups in total. The van der Waals surface area contributed by atoms with Crippen LogP contribution in [0.5, 0.6) is 11.5 Å². The van der Waals surface area contributed by atoms with Crippen LogP contribution in [0.3, 0.4) is 0 Å². The molecule has 0 fully saturated rings. The van der Waals surface area contributed by atoms with Crippen molar-refractivity contribution < 1.29 is 139 Å². The molecule has 0 spiro atoms. The summed E-state index contributed by atoms with van der Waals surface area (Å²) in [7, 11) is -6.33. The first-order valence-corrected chi connectivity index (χ1v) is 19.1. The van der Waals surface area contributed by atoms with Crippen LogP contribution < -0.4 is 130 Å². The molecule has 0 aliphatic heterocycles. The van der Waals surface area contributed by atoms with E-state index in [0.717, 1.165) is 0 Å². The molecule has 0 amide bonds. The van der Waals surface area contributed by atoms with Gasteiger partial charge in [-0.1, -0.05) is 12.1 Å². The van der Waals surface area contributed by atoms with E-state index in [-0.39, 0.29) is 113 Å². The van der Waals surface area contributed by atoms with Gasteiger partial charge in [0.1, 0.15) is 21.6 Å². The molecule has 0 unspecified atom stereocenters. The molecule has 58 heavy (non-hydrogen) atoms. The number of nitrogens with one attached hydrogen (secondary N) is 5. The first kappa shape index (κ1) is 51.3. The fourth-order valence-electron chi connectivity index (χ4n) is 4.45. The zero-order chi connectivity index (χ0) is 39.4. The summed E-state index contributed by atoms with van der Waals surface area (Å²) in [6.45, 7) is -0.293. The fraction of sp³-hybridized carbons (Fsp3) is 0.129. The third-order valence-corrected chi connectivity index (χ3v) is 8.99. The van der Waals surface area contributed by atoms with Gasteiger partial charge in [-0.2, -0.15) is 29.5 Å². The maximum absolute atomic E-state index is 11.4. The summed E-state index contributed by atoms with van der Waals surface area (Å²) in [5.41, 5.74) is 8.18. The average Bonchev–Trinajstić information content (AvgIpc) is 3.15. The Morgan fingerprint density at radius 2 is 1.26 bits per heavy atom. The van der Waals surface area contributed by atoms with Crippen LogP contribution in [-0.2, 0) is 29.6 Å². The van der Waals surface area contributed by atoms with E-state index in [9.17, 15) is 31.2 Å². The Labute approximate surface area is 403 Å². The first-order chi connectivity index (χ1) is 26.3. The predicted octanol–water partition coefficient (Wildman–Crippen LogP) is -4.67. The van der Waals surface area contributed by atoms with Gasteiger partial charge in [0.05, 0.1) is 81.2 Å². The van der Waals surface area contributed by atoms with Crippen molar-refractivity contribution in [2.75, 3.05) is 53.3 Å². The molecule has 4 aromatic carbocycles. The zero-order valence-electron chi connectivity index (χ0n) is 31.4. The van der Waals surface area contributed by atoms with E-state index in [1.807, 2.05) is 0 Å². The van der Waals surface area contributed by atoms with Gasteiger partial charge in [-0.3, -0.25) is 5.04 Å². The summed E-state index contributed by atoms with van der Waals surface area (Å²) in [6.07, 6.45) is 0. The minimum atomic E-state index is -4.65. The number of hydrazine groups is 1. The number of benzene rings is 4. The van der Waals surface area contributed by atoms with Crippen LogP contribution in [0.1, 0.15) is 0 Å². The number of hydrogen-bond acceptors (Lipinski definition) is 22. The maximum Gasteiger partial charge on any atom is 1.00 e. The Morgan fingerprint density at radius 3 is 1.86 bits per heavy atom. The standard InChI is InChI=1S/C31H32N10O11S3.3Na/c1-49-27-17-21(40-38-19-5-3-7-23(15-19)53-52-51-42)9-11-25(27)33-30-35-29(32-13-14-54(43,44)45)36-31(37-30)34-26-12-10-22(18-28(26)50-2)41-39-20-6-4-8-24(16-20)55(46,47)48;;;/h3-12,15-18,39,41-42H,13-14H2,1-2H3,(H,43,44,45)(H,46,47,48)(H3,32,33,34,35,36,37);;;/q;3*+1/p-3. The Kier molecular flexibility index (Phi) is 21.6. The van der Waals surface area contributed by atoms with Crippen molar-refractivity contribution in [3.05, 3.63) is 84.9 Å². The molecule has 1 aromatic heterocycles. The number of azo groups is 1. The van der Waals surface area contributed by atoms with Gasteiger partial charge in [0.15, 0.2) is 0 Å². The van der Waals surface area contributed by atoms with Crippen molar-refractivity contribution in [1.29, 1.82) is 0 Å². The number of methoxy groups -OCH3 is 2. The Hall–Kier alpha value is -2.86. The van der Waals surface area contributed by atoms with Crippen molar-refractivity contribution in [2.45, 2.75) is 9.79 Å². The van der Waals surface area contributed by atoms with E-state index < -0.39 is 30.9 Å². The number of ether oxygens (including phenoxy) is 2. The van der Waals surface area contributed by atoms with Crippen molar-refractivity contribution in [3.8, 4) is 11.5 Å². The minimum absolute atomic E-state index is 0. The third-order valence-electron chi connectivity index (χ3n) is 6.88. The second-order valence-electron chi connectivity index (χ2n) is 10.7. The van der Waals surface area contributed by atoms with Crippen molar-refractivity contribution in [1.82, 2.24) is 15.0 Å². The molecule has 21 nitrogen and oxygen atoms in total. The number of anilines is 7. The summed E-state index contributed by atoms with van der Waals surface area (Å²) in [4.78, 5) is 13.2. The molecular weight excluding hydrogens is 854 g/mol. The van der Waals surface area contributed by atoms with E-state index in [2.05, 4.69) is 61.4 Å². The molecule has 0 saturated heterocycles. The summed E-state index contributed by atoms with van der Waals surface area (Å²) in [5, 5.41) is 30.7. The van der Waals surface area contributed by atoms with Crippen LogP contribution in [0, 0.1) is 0 Å². The van der Waals surface area contributed by atoms with Gasteiger partial charge < -0.3 is 50.6 Å². The average molecular weight is 883 g/mol. The molecule has 290 valence electrons. The van der Waals surface area contributed by atoms with E-state index in [1.165, 1.54) is 32.4 Å². The maximum atomic E-state index is 11.4. The predicted molar refractivity (Wildman–Crippen MR) is 196 cm³/mol. The molecule has 5 rings (SSSR count). The third kappa shape index (κ3) is 16.3. The van der Waals surface area contributed by atoms with Gasteiger partial charge in [-0.05, 0) is 60.7 Å². The monoisotopic (exact) mass is 882 g/mol. The van der Waals surface area contributed by atoms with Gasteiger partial charge >= 0.3 is 88.7 Å². The van der Waals surface area contributed by atoms with Gasteiger partial charge in [0.25, 0.3) is 0 Å².